The Balaban J connectivity index is 1.23. The molecule has 2 aromatic heterocycles. The minimum absolute atomic E-state index is 0.654. The monoisotopic (exact) mass is 628 g/mol. The molecule has 0 saturated carbocycles. The van der Waals surface area contributed by atoms with Crippen LogP contribution in [-0.2, 0) is 6.42 Å². The van der Waals surface area contributed by atoms with Crippen molar-refractivity contribution in [1.29, 1.82) is 0 Å². The van der Waals surface area contributed by atoms with Gasteiger partial charge in [-0.2, -0.15) is 0 Å². The van der Waals surface area contributed by atoms with Crippen LogP contribution < -0.4 is 0 Å². The van der Waals surface area contributed by atoms with Crippen LogP contribution in [0.2, 0.25) is 0 Å². The number of para-hydroxylation sites is 1. The molecular formula is C45H32N4. The van der Waals surface area contributed by atoms with Gasteiger partial charge in [0.1, 0.15) is 0 Å². The second-order valence-corrected chi connectivity index (χ2v) is 12.4. The Kier molecular flexibility index (Phi) is 7.25. The highest BCUT2D eigenvalue weighted by Crippen LogP contribution is 2.42. The third kappa shape index (κ3) is 5.34. The van der Waals surface area contributed by atoms with Crippen LogP contribution in [0.3, 0.4) is 0 Å². The molecule has 4 heteroatoms. The second kappa shape index (κ2) is 12.3. The third-order valence-corrected chi connectivity index (χ3v) is 9.38. The molecule has 0 fully saturated rings. The van der Waals surface area contributed by atoms with E-state index in [0.717, 1.165) is 40.8 Å². The average Bonchev–Trinajstić information content (AvgIpc) is 3.53. The predicted molar refractivity (Wildman–Crippen MR) is 201 cm³/mol. The summed E-state index contributed by atoms with van der Waals surface area (Å²) in [6.45, 7) is 0. The summed E-state index contributed by atoms with van der Waals surface area (Å²) in [5.74, 6) is 1.97. The van der Waals surface area contributed by atoms with Gasteiger partial charge in [-0.3, -0.25) is 0 Å². The highest BCUT2D eigenvalue weighted by Gasteiger charge is 2.24. The van der Waals surface area contributed by atoms with E-state index >= 15 is 0 Å². The summed E-state index contributed by atoms with van der Waals surface area (Å²) in [6.07, 6.45) is 4.37. The number of hydrogen-bond donors (Lipinski definition) is 0. The minimum atomic E-state index is 0.654. The maximum atomic E-state index is 5.01. The van der Waals surface area contributed by atoms with Gasteiger partial charge in [-0.05, 0) is 71.0 Å². The molecule has 0 N–H and O–H groups in total. The fourth-order valence-electron chi connectivity index (χ4n) is 7.08. The van der Waals surface area contributed by atoms with Gasteiger partial charge < -0.3 is 4.57 Å². The van der Waals surface area contributed by atoms with Crippen molar-refractivity contribution in [1.82, 2.24) is 19.5 Å². The Morgan fingerprint density at radius 3 is 1.57 bits per heavy atom. The van der Waals surface area contributed by atoms with Gasteiger partial charge in [0.25, 0.3) is 0 Å². The molecule has 0 bridgehead atoms. The largest absolute Gasteiger partial charge is 0.310 e. The minimum Gasteiger partial charge on any atom is -0.310 e. The maximum Gasteiger partial charge on any atom is 0.164 e. The molecule has 2 heterocycles. The van der Waals surface area contributed by atoms with E-state index < -0.39 is 0 Å². The van der Waals surface area contributed by atoms with Gasteiger partial charge in [0, 0.05) is 27.8 Å². The molecule has 0 spiro atoms. The lowest BCUT2D eigenvalue weighted by Crippen LogP contribution is -2.03. The van der Waals surface area contributed by atoms with E-state index in [4.69, 9.17) is 15.0 Å². The number of benzene rings is 6. The lowest BCUT2D eigenvalue weighted by molar-refractivity contribution is 0.981. The van der Waals surface area contributed by atoms with Gasteiger partial charge in [-0.25, -0.2) is 15.0 Å². The third-order valence-electron chi connectivity index (χ3n) is 9.38. The van der Waals surface area contributed by atoms with Crippen molar-refractivity contribution in [2.24, 2.45) is 0 Å². The molecule has 9 rings (SSSR count). The van der Waals surface area contributed by atoms with Gasteiger partial charge in [0.2, 0.25) is 0 Å². The van der Waals surface area contributed by atoms with Gasteiger partial charge in [0.15, 0.2) is 17.5 Å². The molecule has 1 aliphatic carbocycles. The quantitative estimate of drug-likeness (QED) is 0.184. The zero-order valence-corrected chi connectivity index (χ0v) is 26.9. The fourth-order valence-corrected chi connectivity index (χ4v) is 7.08. The van der Waals surface area contributed by atoms with E-state index in [0.29, 0.717) is 17.5 Å². The lowest BCUT2D eigenvalue weighted by atomic mass is 9.89. The molecule has 0 aliphatic heterocycles. The summed E-state index contributed by atoms with van der Waals surface area (Å²) >= 11 is 0. The Morgan fingerprint density at radius 2 is 0.939 bits per heavy atom. The zero-order valence-electron chi connectivity index (χ0n) is 26.9. The zero-order chi connectivity index (χ0) is 32.6. The van der Waals surface area contributed by atoms with Gasteiger partial charge in [0.05, 0.1) is 11.2 Å². The first-order valence-corrected chi connectivity index (χ1v) is 16.8. The molecule has 0 radical (unpaired) electrons. The number of hydrogen-bond acceptors (Lipinski definition) is 3. The normalized spacial score (nSPS) is 12.4. The van der Waals surface area contributed by atoms with Crippen molar-refractivity contribution in [2.75, 3.05) is 0 Å². The van der Waals surface area contributed by atoms with Crippen LogP contribution in [0.15, 0.2) is 164 Å². The van der Waals surface area contributed by atoms with E-state index in [2.05, 4.69) is 114 Å². The Bertz CT molecular complexity index is 2410. The molecule has 4 nitrogen and oxygen atoms in total. The Morgan fingerprint density at radius 1 is 0.429 bits per heavy atom. The number of fused-ring (bicyclic) bond motifs is 3. The Labute approximate surface area is 285 Å². The van der Waals surface area contributed by atoms with Crippen LogP contribution in [0.1, 0.15) is 23.2 Å². The molecule has 1 aliphatic rings. The SMILES string of the molecule is C1=C(c2ccccc2)CCc2c1n(-c1ccccc1)c1cccc(-c3cccc(-c4nc(-c5ccccc5)nc(-c5ccccc5)n4)c3)c21. The number of nitrogens with zero attached hydrogens (tertiary/aromatic N) is 4. The summed E-state index contributed by atoms with van der Waals surface area (Å²) in [5.41, 5.74) is 12.9. The first-order chi connectivity index (χ1) is 24.3. The summed E-state index contributed by atoms with van der Waals surface area (Å²) in [7, 11) is 0. The first kappa shape index (κ1) is 28.8. The van der Waals surface area contributed by atoms with E-state index in [1.807, 2.05) is 60.7 Å². The van der Waals surface area contributed by atoms with Crippen molar-refractivity contribution < 1.29 is 0 Å². The summed E-state index contributed by atoms with van der Waals surface area (Å²) < 4.78 is 2.43. The summed E-state index contributed by atoms with van der Waals surface area (Å²) in [5, 5.41) is 1.30. The van der Waals surface area contributed by atoms with Crippen molar-refractivity contribution >= 4 is 22.6 Å². The van der Waals surface area contributed by atoms with E-state index in [-0.39, 0.29) is 0 Å². The molecule has 0 saturated heterocycles. The van der Waals surface area contributed by atoms with Crippen LogP contribution in [0.25, 0.3) is 73.5 Å². The maximum absolute atomic E-state index is 5.01. The first-order valence-electron chi connectivity index (χ1n) is 16.8. The van der Waals surface area contributed by atoms with E-state index in [9.17, 15) is 0 Å². The summed E-state index contributed by atoms with van der Waals surface area (Å²) in [6, 6.07) is 57.1. The van der Waals surface area contributed by atoms with Crippen molar-refractivity contribution in [2.45, 2.75) is 12.8 Å². The van der Waals surface area contributed by atoms with Crippen LogP contribution in [-0.4, -0.2) is 19.5 Å². The molecule has 232 valence electrons. The Hall–Kier alpha value is -6.39. The molecule has 49 heavy (non-hydrogen) atoms. The number of aryl methyl sites for hydroxylation is 1. The number of aromatic nitrogens is 4. The van der Waals surface area contributed by atoms with Crippen LogP contribution in [0.5, 0.6) is 0 Å². The summed E-state index contributed by atoms with van der Waals surface area (Å²) in [4.78, 5) is 14.9. The van der Waals surface area contributed by atoms with Gasteiger partial charge >= 0.3 is 0 Å². The van der Waals surface area contributed by atoms with Crippen molar-refractivity contribution in [3.05, 3.63) is 181 Å². The van der Waals surface area contributed by atoms with Gasteiger partial charge in [-0.15, -0.1) is 0 Å². The number of allylic oxidation sites excluding steroid dienone is 1. The average molecular weight is 629 g/mol. The van der Waals surface area contributed by atoms with E-state index in [1.54, 1.807) is 0 Å². The molecule has 6 aromatic carbocycles. The topological polar surface area (TPSA) is 43.6 Å². The molecule has 0 atom stereocenters. The highest BCUT2D eigenvalue weighted by atomic mass is 15.0. The van der Waals surface area contributed by atoms with Crippen molar-refractivity contribution in [3.63, 3.8) is 0 Å². The highest BCUT2D eigenvalue weighted by molar-refractivity contribution is 6.03. The molecular weight excluding hydrogens is 597 g/mol. The van der Waals surface area contributed by atoms with Crippen molar-refractivity contribution in [3.8, 4) is 51.0 Å². The van der Waals surface area contributed by atoms with Crippen LogP contribution in [0.4, 0.5) is 0 Å². The number of rotatable bonds is 6. The molecule has 8 aromatic rings. The molecule has 0 amide bonds. The van der Waals surface area contributed by atoms with E-state index in [1.165, 1.54) is 38.9 Å². The standard InChI is InChI=1S/C45H32N4/c1-5-15-31(16-6-1)34-27-28-39-41(30-34)49(37-23-11-4-12-24-37)40-26-14-25-38(42(39)40)35-21-13-22-36(29-35)45-47-43(32-17-7-2-8-18-32)46-44(48-45)33-19-9-3-10-20-33/h1-26,29-30H,27-28H2. The fraction of sp³-hybridized carbons (Fsp3) is 0.0444. The molecule has 0 unspecified atom stereocenters. The second-order valence-electron chi connectivity index (χ2n) is 12.4. The van der Waals surface area contributed by atoms with Crippen LogP contribution in [0, 0.1) is 0 Å². The van der Waals surface area contributed by atoms with Crippen LogP contribution >= 0.6 is 0 Å². The lowest BCUT2D eigenvalue weighted by Gasteiger charge is -2.17. The smallest absolute Gasteiger partial charge is 0.164 e. The van der Waals surface area contributed by atoms with Gasteiger partial charge in [-0.1, -0.05) is 140 Å². The predicted octanol–water partition coefficient (Wildman–Crippen LogP) is 11.0.